The van der Waals surface area contributed by atoms with Gasteiger partial charge in [0, 0.05) is 37.6 Å². The van der Waals surface area contributed by atoms with E-state index < -0.39 is 5.54 Å². The van der Waals surface area contributed by atoms with Crippen LogP contribution >= 0.6 is 0 Å². The highest BCUT2D eigenvalue weighted by Gasteiger charge is 2.50. The molecule has 6 heteroatoms. The number of amides is 2. The van der Waals surface area contributed by atoms with Crippen molar-refractivity contribution in [1.82, 2.24) is 15.4 Å². The third kappa shape index (κ3) is 4.07. The van der Waals surface area contributed by atoms with Crippen molar-refractivity contribution in [1.29, 1.82) is 0 Å². The van der Waals surface area contributed by atoms with E-state index >= 15 is 0 Å². The standard InChI is InChI=1S/C23H29N3O3/c1-17(27)26-14-8-13-23(26,22(28)24-19-11-6-3-7-12-19)16-20-15-21(25-29-20)18-9-4-2-5-10-18/h2,4-5,9-10,15,19H,3,6-8,11-14,16H2,1H3,(H,24,28). The number of rotatable bonds is 5. The van der Waals surface area contributed by atoms with Gasteiger partial charge in [-0.15, -0.1) is 0 Å². The average molecular weight is 396 g/mol. The van der Waals surface area contributed by atoms with Crippen molar-refractivity contribution >= 4 is 11.8 Å². The van der Waals surface area contributed by atoms with Gasteiger partial charge in [0.2, 0.25) is 11.8 Å². The fourth-order valence-electron chi connectivity index (χ4n) is 4.83. The molecule has 0 radical (unpaired) electrons. The van der Waals surface area contributed by atoms with E-state index in [4.69, 9.17) is 4.52 Å². The molecule has 1 N–H and O–H groups in total. The third-order valence-electron chi connectivity index (χ3n) is 6.33. The maximum absolute atomic E-state index is 13.5. The average Bonchev–Trinajstić information content (AvgIpc) is 3.38. The first-order valence-corrected chi connectivity index (χ1v) is 10.7. The zero-order valence-corrected chi connectivity index (χ0v) is 17.0. The fraction of sp³-hybridized carbons (Fsp3) is 0.522. The maximum Gasteiger partial charge on any atom is 0.246 e. The number of hydrogen-bond acceptors (Lipinski definition) is 4. The Morgan fingerprint density at radius 3 is 2.66 bits per heavy atom. The van der Waals surface area contributed by atoms with E-state index in [0.29, 0.717) is 25.1 Å². The molecule has 2 fully saturated rings. The summed E-state index contributed by atoms with van der Waals surface area (Å²) < 4.78 is 5.61. The molecule has 1 atom stereocenters. The smallest absolute Gasteiger partial charge is 0.246 e. The van der Waals surface area contributed by atoms with Gasteiger partial charge in [-0.25, -0.2) is 0 Å². The Kier molecular flexibility index (Phi) is 5.69. The Morgan fingerprint density at radius 2 is 1.93 bits per heavy atom. The number of carbonyl (C=O) groups excluding carboxylic acids is 2. The lowest BCUT2D eigenvalue weighted by Gasteiger charge is -2.37. The van der Waals surface area contributed by atoms with Crippen LogP contribution in [0.15, 0.2) is 40.9 Å². The number of nitrogens with one attached hydrogen (secondary N) is 1. The lowest BCUT2D eigenvalue weighted by atomic mass is 9.87. The highest BCUT2D eigenvalue weighted by molar-refractivity contribution is 5.92. The minimum absolute atomic E-state index is 0.0465. The minimum Gasteiger partial charge on any atom is -0.361 e. The summed E-state index contributed by atoms with van der Waals surface area (Å²) in [7, 11) is 0. The molecule has 2 amide bonds. The van der Waals surface area contributed by atoms with Gasteiger partial charge in [0.15, 0.2) is 0 Å². The van der Waals surface area contributed by atoms with Crippen molar-refractivity contribution in [2.45, 2.75) is 69.9 Å². The molecule has 4 rings (SSSR count). The molecule has 1 unspecified atom stereocenters. The fourth-order valence-corrected chi connectivity index (χ4v) is 4.83. The Morgan fingerprint density at radius 1 is 1.17 bits per heavy atom. The van der Waals surface area contributed by atoms with Crippen LogP contribution in [0.3, 0.4) is 0 Å². The van der Waals surface area contributed by atoms with Gasteiger partial charge in [-0.3, -0.25) is 9.59 Å². The van der Waals surface area contributed by atoms with Crippen LogP contribution in [0.1, 0.15) is 57.6 Å². The number of nitrogens with zero attached hydrogens (tertiary/aromatic N) is 2. The second-order valence-electron chi connectivity index (χ2n) is 8.34. The van der Waals surface area contributed by atoms with Crippen molar-refractivity contribution in [2.75, 3.05) is 6.54 Å². The molecule has 2 aliphatic rings. The summed E-state index contributed by atoms with van der Waals surface area (Å²) in [5, 5.41) is 7.44. The molecule has 1 aromatic heterocycles. The Balaban J connectivity index is 1.58. The van der Waals surface area contributed by atoms with Crippen LogP contribution in [-0.4, -0.2) is 40.0 Å². The van der Waals surface area contributed by atoms with E-state index in [-0.39, 0.29) is 17.9 Å². The molecule has 1 saturated carbocycles. The summed E-state index contributed by atoms with van der Waals surface area (Å²) in [5.41, 5.74) is 0.824. The summed E-state index contributed by atoms with van der Waals surface area (Å²) in [6, 6.07) is 11.9. The molecule has 1 saturated heterocycles. The van der Waals surface area contributed by atoms with E-state index in [0.717, 1.165) is 43.4 Å². The van der Waals surface area contributed by atoms with Gasteiger partial charge in [-0.05, 0) is 25.7 Å². The molecule has 6 nitrogen and oxygen atoms in total. The van der Waals surface area contributed by atoms with Gasteiger partial charge in [0.05, 0.1) is 0 Å². The van der Waals surface area contributed by atoms with Gasteiger partial charge >= 0.3 is 0 Å². The van der Waals surface area contributed by atoms with E-state index in [1.165, 1.54) is 6.42 Å². The summed E-state index contributed by atoms with van der Waals surface area (Å²) >= 11 is 0. The molecular weight excluding hydrogens is 366 g/mol. The van der Waals surface area contributed by atoms with Gasteiger partial charge in [-0.2, -0.15) is 0 Å². The van der Waals surface area contributed by atoms with Crippen LogP contribution in [0.2, 0.25) is 0 Å². The van der Waals surface area contributed by atoms with E-state index in [1.54, 1.807) is 11.8 Å². The molecule has 0 spiro atoms. The first-order valence-electron chi connectivity index (χ1n) is 10.7. The zero-order valence-electron chi connectivity index (χ0n) is 17.0. The van der Waals surface area contributed by atoms with Crippen LogP contribution in [-0.2, 0) is 16.0 Å². The largest absolute Gasteiger partial charge is 0.361 e. The lowest BCUT2D eigenvalue weighted by molar-refractivity contribution is -0.144. The molecule has 1 aliphatic heterocycles. The van der Waals surface area contributed by atoms with Gasteiger partial charge in [-0.1, -0.05) is 54.8 Å². The summed E-state index contributed by atoms with van der Waals surface area (Å²) in [6.45, 7) is 2.15. The van der Waals surface area contributed by atoms with Crippen LogP contribution in [0.25, 0.3) is 11.3 Å². The minimum atomic E-state index is -0.892. The van der Waals surface area contributed by atoms with Crippen molar-refractivity contribution in [3.05, 3.63) is 42.2 Å². The number of carbonyl (C=O) groups is 2. The molecule has 2 aromatic rings. The normalized spacial score (nSPS) is 22.6. The summed E-state index contributed by atoms with van der Waals surface area (Å²) in [6.07, 6.45) is 7.38. The van der Waals surface area contributed by atoms with Crippen molar-refractivity contribution in [3.63, 3.8) is 0 Å². The van der Waals surface area contributed by atoms with Crippen molar-refractivity contribution in [3.8, 4) is 11.3 Å². The Hall–Kier alpha value is -2.63. The summed E-state index contributed by atoms with van der Waals surface area (Å²) in [5.74, 6) is 0.523. The Labute approximate surface area is 171 Å². The first kappa shape index (κ1) is 19.7. The molecule has 0 bridgehead atoms. The van der Waals surface area contributed by atoms with E-state index in [2.05, 4.69) is 10.5 Å². The number of hydrogen-bond donors (Lipinski definition) is 1. The maximum atomic E-state index is 13.5. The first-order chi connectivity index (χ1) is 14.1. The van der Waals surface area contributed by atoms with Crippen LogP contribution < -0.4 is 5.32 Å². The van der Waals surface area contributed by atoms with Crippen molar-refractivity contribution in [2.24, 2.45) is 0 Å². The SMILES string of the molecule is CC(=O)N1CCCC1(Cc1cc(-c2ccccc2)no1)C(=O)NC1CCCCC1. The second-order valence-corrected chi connectivity index (χ2v) is 8.34. The van der Waals surface area contributed by atoms with E-state index in [1.807, 2.05) is 36.4 Å². The molecule has 2 heterocycles. The highest BCUT2D eigenvalue weighted by atomic mass is 16.5. The van der Waals surface area contributed by atoms with E-state index in [9.17, 15) is 9.59 Å². The molecule has 154 valence electrons. The van der Waals surface area contributed by atoms with Crippen molar-refractivity contribution < 1.29 is 14.1 Å². The molecular formula is C23H29N3O3. The number of likely N-dealkylation sites (tertiary alicyclic amines) is 1. The van der Waals surface area contributed by atoms with Crippen LogP contribution in [0.4, 0.5) is 0 Å². The molecule has 1 aromatic carbocycles. The topological polar surface area (TPSA) is 75.4 Å². The second kappa shape index (κ2) is 8.39. The lowest BCUT2D eigenvalue weighted by Crippen LogP contribution is -2.60. The monoisotopic (exact) mass is 395 g/mol. The zero-order chi connectivity index (χ0) is 20.3. The number of benzene rings is 1. The number of aromatic nitrogens is 1. The van der Waals surface area contributed by atoms with Crippen LogP contribution in [0, 0.1) is 0 Å². The molecule has 1 aliphatic carbocycles. The predicted octanol–water partition coefficient (Wildman–Crippen LogP) is 3.71. The van der Waals surface area contributed by atoms with Gasteiger partial charge < -0.3 is 14.7 Å². The predicted molar refractivity (Wildman–Crippen MR) is 110 cm³/mol. The third-order valence-corrected chi connectivity index (χ3v) is 6.33. The summed E-state index contributed by atoms with van der Waals surface area (Å²) in [4.78, 5) is 27.6. The highest BCUT2D eigenvalue weighted by Crippen LogP contribution is 2.35. The van der Waals surface area contributed by atoms with Gasteiger partial charge in [0.1, 0.15) is 17.0 Å². The quantitative estimate of drug-likeness (QED) is 0.837. The van der Waals surface area contributed by atoms with Gasteiger partial charge in [0.25, 0.3) is 0 Å². The van der Waals surface area contributed by atoms with Crippen LogP contribution in [0.5, 0.6) is 0 Å². The Bertz CT molecular complexity index is 857. The molecule has 29 heavy (non-hydrogen) atoms.